The van der Waals surface area contributed by atoms with Crippen molar-refractivity contribution in [2.45, 2.75) is 6.42 Å². The molecule has 0 saturated carbocycles. The van der Waals surface area contributed by atoms with Gasteiger partial charge in [0.1, 0.15) is 19.0 Å². The number of fused-ring (bicyclic) bond motifs is 2. The summed E-state index contributed by atoms with van der Waals surface area (Å²) in [7, 11) is 2.06. The van der Waals surface area contributed by atoms with Gasteiger partial charge in [-0.2, -0.15) is 0 Å². The number of ether oxygens (including phenoxy) is 2. The third-order valence-corrected chi connectivity index (χ3v) is 7.24. The van der Waals surface area contributed by atoms with Crippen LogP contribution in [0.15, 0.2) is 60.7 Å². The highest BCUT2D eigenvalue weighted by atomic mass is 19.1. The first kappa shape index (κ1) is 24.9. The van der Waals surface area contributed by atoms with Gasteiger partial charge in [0.2, 0.25) is 5.91 Å². The summed E-state index contributed by atoms with van der Waals surface area (Å²) < 4.78 is 25.4. The third kappa shape index (κ3) is 5.18. The molecule has 3 aromatic carbocycles. The minimum Gasteiger partial charge on any atom is -0.486 e. The monoisotopic (exact) mass is 528 g/mol. The summed E-state index contributed by atoms with van der Waals surface area (Å²) in [6, 6.07) is 17.4. The summed E-state index contributed by atoms with van der Waals surface area (Å²) in [6.45, 7) is 4.17. The van der Waals surface area contributed by atoms with E-state index in [0.29, 0.717) is 53.7 Å². The maximum absolute atomic E-state index is 13.9. The lowest BCUT2D eigenvalue weighted by Gasteiger charge is -2.32. The summed E-state index contributed by atoms with van der Waals surface area (Å²) in [6.07, 6.45) is 0.335. The Labute approximate surface area is 226 Å². The standard InChI is InChI=1S/C30H29FN4O4/c1-34-10-12-35(13-11-34)27(36)16-19-2-6-22(7-3-19)32-29(20-4-9-25-26(17-20)39-15-14-38-25)28-23-8-5-21(31)18-24(23)33-30(28)37/h2-9,17-18,32H,10-16H2,1H3,(H,33,37)/b29-28-. The second kappa shape index (κ2) is 10.4. The molecule has 1 fully saturated rings. The van der Waals surface area contributed by atoms with Crippen LogP contribution in [-0.2, 0) is 16.0 Å². The van der Waals surface area contributed by atoms with E-state index in [0.717, 1.165) is 43.0 Å². The Morgan fingerprint density at radius 2 is 1.69 bits per heavy atom. The number of piperazine rings is 1. The Balaban J connectivity index is 1.30. The fourth-order valence-electron chi connectivity index (χ4n) is 5.06. The number of carbonyl (C=O) groups is 2. The van der Waals surface area contributed by atoms with Crippen molar-refractivity contribution in [2.24, 2.45) is 0 Å². The van der Waals surface area contributed by atoms with E-state index >= 15 is 0 Å². The fourth-order valence-corrected chi connectivity index (χ4v) is 5.06. The van der Waals surface area contributed by atoms with Crippen molar-refractivity contribution in [3.63, 3.8) is 0 Å². The minimum atomic E-state index is -0.425. The molecule has 3 aliphatic heterocycles. The smallest absolute Gasteiger partial charge is 0.258 e. The van der Waals surface area contributed by atoms with Gasteiger partial charge in [-0.05, 0) is 61.1 Å². The lowest BCUT2D eigenvalue weighted by atomic mass is 9.99. The van der Waals surface area contributed by atoms with Gasteiger partial charge >= 0.3 is 0 Å². The van der Waals surface area contributed by atoms with Gasteiger partial charge in [0.05, 0.1) is 23.4 Å². The van der Waals surface area contributed by atoms with E-state index in [1.807, 2.05) is 47.4 Å². The maximum Gasteiger partial charge on any atom is 0.258 e. The molecule has 0 spiro atoms. The number of rotatable bonds is 5. The van der Waals surface area contributed by atoms with Crippen LogP contribution in [0.25, 0.3) is 11.3 Å². The predicted molar refractivity (Wildman–Crippen MR) is 147 cm³/mol. The summed E-state index contributed by atoms with van der Waals surface area (Å²) in [5.41, 5.74) is 4.35. The van der Waals surface area contributed by atoms with Gasteiger partial charge in [-0.15, -0.1) is 0 Å². The molecule has 2 N–H and O–H groups in total. The van der Waals surface area contributed by atoms with E-state index in [1.54, 1.807) is 6.07 Å². The largest absolute Gasteiger partial charge is 0.486 e. The summed E-state index contributed by atoms with van der Waals surface area (Å²) in [5.74, 6) is 0.596. The molecule has 1 saturated heterocycles. The van der Waals surface area contributed by atoms with Gasteiger partial charge in [-0.1, -0.05) is 12.1 Å². The number of hydrogen-bond acceptors (Lipinski definition) is 6. The first-order valence-corrected chi connectivity index (χ1v) is 13.0. The van der Waals surface area contributed by atoms with Crippen molar-refractivity contribution in [3.05, 3.63) is 83.2 Å². The number of nitrogens with zero attached hydrogens (tertiary/aromatic N) is 2. The van der Waals surface area contributed by atoms with Crippen LogP contribution in [0.3, 0.4) is 0 Å². The second-order valence-corrected chi connectivity index (χ2v) is 9.94. The number of carbonyl (C=O) groups excluding carboxylic acids is 2. The number of nitrogens with one attached hydrogen (secondary N) is 2. The zero-order valence-corrected chi connectivity index (χ0v) is 21.6. The van der Waals surface area contributed by atoms with E-state index in [9.17, 15) is 14.0 Å². The molecule has 0 aliphatic carbocycles. The molecule has 0 aromatic heterocycles. The molecule has 0 radical (unpaired) electrons. The molecule has 8 nitrogen and oxygen atoms in total. The SMILES string of the molecule is CN1CCN(C(=O)Cc2ccc(N/C(=C3\C(=O)Nc4cc(F)ccc43)c3ccc4c(c3)OCCO4)cc2)CC1. The van der Waals surface area contributed by atoms with E-state index < -0.39 is 5.82 Å². The zero-order chi connectivity index (χ0) is 26.9. The Morgan fingerprint density at radius 3 is 2.46 bits per heavy atom. The number of hydrogen-bond donors (Lipinski definition) is 2. The molecular weight excluding hydrogens is 499 g/mol. The Kier molecular flexibility index (Phi) is 6.66. The third-order valence-electron chi connectivity index (χ3n) is 7.24. The van der Waals surface area contributed by atoms with Crippen molar-refractivity contribution in [1.82, 2.24) is 9.80 Å². The van der Waals surface area contributed by atoms with E-state index in [4.69, 9.17) is 9.47 Å². The number of benzene rings is 3. The van der Waals surface area contributed by atoms with Gasteiger partial charge in [0.25, 0.3) is 5.91 Å². The van der Waals surface area contributed by atoms with Crippen molar-refractivity contribution in [1.29, 1.82) is 0 Å². The molecule has 3 aliphatic rings. The van der Waals surface area contributed by atoms with Crippen molar-refractivity contribution < 1.29 is 23.5 Å². The van der Waals surface area contributed by atoms with E-state index in [1.165, 1.54) is 12.1 Å². The van der Waals surface area contributed by atoms with Crippen molar-refractivity contribution in [2.75, 3.05) is 57.1 Å². The minimum absolute atomic E-state index is 0.120. The first-order valence-electron chi connectivity index (χ1n) is 13.0. The summed E-state index contributed by atoms with van der Waals surface area (Å²) in [5, 5.41) is 6.18. The normalized spacial score (nSPS) is 17.9. The molecular formula is C30H29FN4O4. The quantitative estimate of drug-likeness (QED) is 0.490. The van der Waals surface area contributed by atoms with E-state index in [-0.39, 0.29) is 11.8 Å². The lowest BCUT2D eigenvalue weighted by Crippen LogP contribution is -2.47. The Morgan fingerprint density at radius 1 is 0.949 bits per heavy atom. The van der Waals surface area contributed by atoms with Crippen molar-refractivity contribution in [3.8, 4) is 11.5 Å². The van der Waals surface area contributed by atoms with E-state index in [2.05, 4.69) is 22.6 Å². The predicted octanol–water partition coefficient (Wildman–Crippen LogP) is 3.85. The average molecular weight is 529 g/mol. The van der Waals surface area contributed by atoms with Gasteiger partial charge < -0.3 is 29.9 Å². The number of likely N-dealkylation sites (N-methyl/N-ethyl adjacent to an activating group) is 1. The van der Waals surface area contributed by atoms with Crippen LogP contribution < -0.4 is 20.1 Å². The Hall–Kier alpha value is -4.37. The van der Waals surface area contributed by atoms with Gasteiger partial charge in [0.15, 0.2) is 11.5 Å². The van der Waals surface area contributed by atoms with Crippen molar-refractivity contribution >= 4 is 34.5 Å². The summed E-state index contributed by atoms with van der Waals surface area (Å²) in [4.78, 5) is 30.1. The topological polar surface area (TPSA) is 83.1 Å². The zero-order valence-electron chi connectivity index (χ0n) is 21.6. The van der Waals surface area contributed by atoms with Crippen LogP contribution in [0.2, 0.25) is 0 Å². The van der Waals surface area contributed by atoms with Crippen LogP contribution >= 0.6 is 0 Å². The van der Waals surface area contributed by atoms with Crippen LogP contribution in [0.5, 0.6) is 11.5 Å². The first-order chi connectivity index (χ1) is 18.9. The average Bonchev–Trinajstić information content (AvgIpc) is 3.27. The lowest BCUT2D eigenvalue weighted by molar-refractivity contribution is -0.132. The highest BCUT2D eigenvalue weighted by Gasteiger charge is 2.29. The van der Waals surface area contributed by atoms with Gasteiger partial charge in [0, 0.05) is 43.0 Å². The molecule has 200 valence electrons. The fraction of sp³-hybridized carbons (Fsp3) is 0.267. The molecule has 3 heterocycles. The molecule has 39 heavy (non-hydrogen) atoms. The highest BCUT2D eigenvalue weighted by molar-refractivity contribution is 6.37. The molecule has 2 amide bonds. The Bertz CT molecular complexity index is 1460. The highest BCUT2D eigenvalue weighted by Crippen LogP contribution is 2.40. The molecule has 0 unspecified atom stereocenters. The van der Waals surface area contributed by atoms with Gasteiger partial charge in [-0.3, -0.25) is 9.59 Å². The number of amides is 2. The molecule has 9 heteroatoms. The number of anilines is 2. The maximum atomic E-state index is 13.9. The number of halogens is 1. The second-order valence-electron chi connectivity index (χ2n) is 9.94. The molecule has 3 aromatic rings. The van der Waals surface area contributed by atoms with Gasteiger partial charge in [-0.25, -0.2) is 4.39 Å². The molecule has 6 rings (SSSR count). The molecule has 0 atom stereocenters. The van der Waals surface area contributed by atoms with Crippen LogP contribution in [0.1, 0.15) is 16.7 Å². The van der Waals surface area contributed by atoms with Crippen LogP contribution in [0.4, 0.5) is 15.8 Å². The summed E-state index contributed by atoms with van der Waals surface area (Å²) >= 11 is 0. The van der Waals surface area contributed by atoms with Crippen LogP contribution in [-0.4, -0.2) is 68.1 Å². The molecule has 0 bridgehead atoms. The van der Waals surface area contributed by atoms with Crippen LogP contribution in [0, 0.1) is 5.82 Å².